The summed E-state index contributed by atoms with van der Waals surface area (Å²) in [5, 5.41) is 12.1. The molecule has 1 amide bonds. The highest BCUT2D eigenvalue weighted by Crippen LogP contribution is 2.53. The maximum atomic E-state index is 13.2. The van der Waals surface area contributed by atoms with Crippen LogP contribution in [0.4, 0.5) is 0 Å². The van der Waals surface area contributed by atoms with Crippen LogP contribution in [0.15, 0.2) is 67.3 Å². The molecule has 2 aromatic rings. The molecule has 1 saturated carbocycles. The molecule has 2 fully saturated rings. The highest BCUT2D eigenvalue weighted by atomic mass is 16.5. The number of benzene rings is 2. The zero-order chi connectivity index (χ0) is 24.3. The van der Waals surface area contributed by atoms with E-state index in [1.165, 1.54) is 6.92 Å². The monoisotopic (exact) mass is 462 g/mol. The Morgan fingerprint density at radius 2 is 1.97 bits per heavy atom. The summed E-state index contributed by atoms with van der Waals surface area (Å²) in [7, 11) is 1.86. The first-order valence-electron chi connectivity index (χ1n) is 11.9. The van der Waals surface area contributed by atoms with Gasteiger partial charge in [0.15, 0.2) is 0 Å². The number of hydrogen-bond acceptors (Lipinski definition) is 5. The van der Waals surface area contributed by atoms with Crippen molar-refractivity contribution in [1.29, 1.82) is 0 Å². The Hall–Kier alpha value is -2.96. The number of nitrogens with zero attached hydrogens (tertiary/aromatic N) is 2. The highest BCUT2D eigenvalue weighted by Gasteiger charge is 2.58. The molecule has 2 aliphatic rings. The summed E-state index contributed by atoms with van der Waals surface area (Å²) in [5.74, 6) is 0.0930. The van der Waals surface area contributed by atoms with Crippen LogP contribution in [0.5, 0.6) is 5.75 Å². The van der Waals surface area contributed by atoms with E-state index in [1.54, 1.807) is 6.07 Å². The van der Waals surface area contributed by atoms with Gasteiger partial charge in [-0.05, 0) is 62.1 Å². The van der Waals surface area contributed by atoms with E-state index in [-0.39, 0.29) is 17.9 Å². The number of fused-ring (bicyclic) bond motifs is 1. The van der Waals surface area contributed by atoms with E-state index in [1.807, 2.05) is 66.6 Å². The average Bonchev–Trinajstić information content (AvgIpc) is 2.83. The van der Waals surface area contributed by atoms with E-state index < -0.39 is 11.0 Å². The van der Waals surface area contributed by atoms with Crippen LogP contribution in [0.25, 0.3) is 0 Å². The predicted molar refractivity (Wildman–Crippen MR) is 132 cm³/mol. The SMILES string of the molecule is C=CCN1CCC2(c3cccc(OC(C)=O)c3)CC(N(C)C(=O)c3ccccc3)CCC2(O)C1. The van der Waals surface area contributed by atoms with Gasteiger partial charge >= 0.3 is 5.97 Å². The predicted octanol–water partition coefficient (Wildman–Crippen LogP) is 3.80. The molecule has 0 spiro atoms. The standard InChI is InChI=1S/C28H34N2O4/c1-4-16-30-17-15-27(23-11-8-12-25(18-23)34-21(2)31)19-24(13-14-28(27,33)20-30)29(3)26(32)22-9-6-5-7-10-22/h4-12,18,24,33H,1,13-17,19-20H2,2-3H3. The van der Waals surface area contributed by atoms with Crippen molar-refractivity contribution in [2.45, 2.75) is 49.7 Å². The van der Waals surface area contributed by atoms with Crippen LogP contribution < -0.4 is 4.74 Å². The lowest BCUT2D eigenvalue weighted by Gasteiger charge is -2.59. The summed E-state index contributed by atoms with van der Waals surface area (Å²) in [5.41, 5.74) is 0.0976. The molecule has 0 aromatic heterocycles. The second kappa shape index (κ2) is 9.72. The van der Waals surface area contributed by atoms with Crippen LogP contribution in [-0.4, -0.2) is 65.1 Å². The van der Waals surface area contributed by atoms with E-state index in [2.05, 4.69) is 11.5 Å². The number of carbonyl (C=O) groups is 2. The molecule has 1 aliphatic carbocycles. The topological polar surface area (TPSA) is 70.1 Å². The molecule has 6 heteroatoms. The van der Waals surface area contributed by atoms with Crippen LogP contribution in [0.2, 0.25) is 0 Å². The van der Waals surface area contributed by atoms with Crippen LogP contribution in [0, 0.1) is 0 Å². The molecular formula is C28H34N2O4. The molecule has 4 rings (SSSR count). The van der Waals surface area contributed by atoms with E-state index in [0.29, 0.717) is 30.7 Å². The van der Waals surface area contributed by atoms with Crippen molar-refractivity contribution in [1.82, 2.24) is 9.80 Å². The number of ether oxygens (including phenoxy) is 1. The van der Waals surface area contributed by atoms with Crippen molar-refractivity contribution in [3.63, 3.8) is 0 Å². The van der Waals surface area contributed by atoms with Gasteiger partial charge in [-0.25, -0.2) is 0 Å². The fraction of sp³-hybridized carbons (Fsp3) is 0.429. The first kappa shape index (κ1) is 24.2. The minimum Gasteiger partial charge on any atom is -0.427 e. The molecule has 0 bridgehead atoms. The number of likely N-dealkylation sites (tertiary alicyclic amines) is 1. The van der Waals surface area contributed by atoms with Gasteiger partial charge in [-0.2, -0.15) is 0 Å². The number of amides is 1. The van der Waals surface area contributed by atoms with Gasteiger partial charge in [0.05, 0.1) is 5.60 Å². The van der Waals surface area contributed by atoms with Gasteiger partial charge in [0.1, 0.15) is 5.75 Å². The molecule has 0 radical (unpaired) electrons. The van der Waals surface area contributed by atoms with Crippen LogP contribution in [0.1, 0.15) is 48.5 Å². The third-order valence-corrected chi connectivity index (χ3v) is 7.63. The average molecular weight is 463 g/mol. The Bertz CT molecular complexity index is 1060. The molecule has 1 saturated heterocycles. The van der Waals surface area contributed by atoms with E-state index in [4.69, 9.17) is 4.74 Å². The van der Waals surface area contributed by atoms with Crippen molar-refractivity contribution in [2.24, 2.45) is 0 Å². The minimum absolute atomic E-state index is 0.0102. The number of aliphatic hydroxyl groups is 1. The van der Waals surface area contributed by atoms with Crippen LogP contribution in [-0.2, 0) is 10.2 Å². The van der Waals surface area contributed by atoms with Gasteiger partial charge in [0.2, 0.25) is 0 Å². The Labute approximate surface area is 201 Å². The maximum absolute atomic E-state index is 13.2. The molecule has 180 valence electrons. The zero-order valence-corrected chi connectivity index (χ0v) is 20.1. The van der Waals surface area contributed by atoms with Crippen LogP contribution >= 0.6 is 0 Å². The van der Waals surface area contributed by atoms with Crippen molar-refractivity contribution >= 4 is 11.9 Å². The fourth-order valence-corrected chi connectivity index (χ4v) is 5.88. The number of esters is 1. The number of β-amino-alcohol motifs (C(OH)–C–C–N with tert-alkyl or cyclic N) is 1. The first-order chi connectivity index (χ1) is 16.3. The molecule has 3 unspecified atom stereocenters. The van der Waals surface area contributed by atoms with Gasteiger partial charge in [0, 0.05) is 44.1 Å². The smallest absolute Gasteiger partial charge is 0.308 e. The largest absolute Gasteiger partial charge is 0.427 e. The molecule has 1 N–H and O–H groups in total. The quantitative estimate of drug-likeness (QED) is 0.402. The van der Waals surface area contributed by atoms with Crippen LogP contribution in [0.3, 0.4) is 0 Å². The Kier molecular flexibility index (Phi) is 6.91. The summed E-state index contributed by atoms with van der Waals surface area (Å²) < 4.78 is 5.38. The lowest BCUT2D eigenvalue weighted by molar-refractivity contribution is -0.132. The Balaban J connectivity index is 1.70. The normalized spacial score (nSPS) is 26.9. The van der Waals surface area contributed by atoms with Gasteiger partial charge in [-0.1, -0.05) is 36.4 Å². The molecule has 34 heavy (non-hydrogen) atoms. The zero-order valence-electron chi connectivity index (χ0n) is 20.1. The van der Waals surface area contributed by atoms with Crippen molar-refractivity contribution < 1.29 is 19.4 Å². The molecule has 1 heterocycles. The van der Waals surface area contributed by atoms with E-state index >= 15 is 0 Å². The number of hydrogen-bond donors (Lipinski definition) is 1. The Morgan fingerprint density at radius 3 is 2.68 bits per heavy atom. The lowest BCUT2D eigenvalue weighted by Crippen LogP contribution is -2.67. The molecule has 3 atom stereocenters. The minimum atomic E-state index is -0.962. The molecule has 2 aromatic carbocycles. The van der Waals surface area contributed by atoms with Crippen molar-refractivity contribution in [3.8, 4) is 5.75 Å². The van der Waals surface area contributed by atoms with E-state index in [0.717, 1.165) is 31.5 Å². The highest BCUT2D eigenvalue weighted by molar-refractivity contribution is 5.94. The second-order valence-electron chi connectivity index (χ2n) is 9.69. The van der Waals surface area contributed by atoms with Gasteiger partial charge in [-0.15, -0.1) is 6.58 Å². The van der Waals surface area contributed by atoms with Gasteiger partial charge in [0.25, 0.3) is 5.91 Å². The summed E-state index contributed by atoms with van der Waals surface area (Å²) in [6.07, 6.45) is 4.55. The van der Waals surface area contributed by atoms with E-state index in [9.17, 15) is 14.7 Å². The fourth-order valence-electron chi connectivity index (χ4n) is 5.88. The summed E-state index contributed by atoms with van der Waals surface area (Å²) >= 11 is 0. The third-order valence-electron chi connectivity index (χ3n) is 7.63. The van der Waals surface area contributed by atoms with Crippen molar-refractivity contribution in [3.05, 3.63) is 78.4 Å². The number of piperidine rings is 1. The molecule has 1 aliphatic heterocycles. The van der Waals surface area contributed by atoms with Crippen molar-refractivity contribution in [2.75, 3.05) is 26.7 Å². The van der Waals surface area contributed by atoms with Gasteiger partial charge in [-0.3, -0.25) is 14.5 Å². The summed E-state index contributed by atoms with van der Waals surface area (Å²) in [6, 6.07) is 16.8. The lowest BCUT2D eigenvalue weighted by atomic mass is 9.55. The first-order valence-corrected chi connectivity index (χ1v) is 11.9. The molecular weight excluding hydrogens is 428 g/mol. The summed E-state index contributed by atoms with van der Waals surface area (Å²) in [6.45, 7) is 7.33. The third kappa shape index (κ3) is 4.52. The van der Waals surface area contributed by atoms with Gasteiger partial charge < -0.3 is 14.7 Å². The maximum Gasteiger partial charge on any atom is 0.308 e. The number of rotatable bonds is 6. The Morgan fingerprint density at radius 1 is 1.21 bits per heavy atom. The summed E-state index contributed by atoms with van der Waals surface area (Å²) in [4.78, 5) is 28.9. The molecule has 6 nitrogen and oxygen atoms in total. The number of carbonyl (C=O) groups excluding carboxylic acids is 2. The second-order valence-corrected chi connectivity index (χ2v) is 9.69.